The van der Waals surface area contributed by atoms with Crippen molar-refractivity contribution in [3.8, 4) is 0 Å². The molecule has 0 aliphatic carbocycles. The van der Waals surface area contributed by atoms with Crippen LogP contribution in [0.4, 0.5) is 0 Å². The van der Waals surface area contributed by atoms with Crippen molar-refractivity contribution in [3.05, 3.63) is 65.5 Å². The van der Waals surface area contributed by atoms with Crippen molar-refractivity contribution in [3.63, 3.8) is 0 Å². The Bertz CT molecular complexity index is 479. The SMILES string of the molecule is CCNC(Cc1cccnc1)c1cccc(C)c1. The molecule has 2 aromatic rings. The quantitative estimate of drug-likeness (QED) is 0.867. The molecule has 0 aliphatic rings. The molecule has 0 saturated carbocycles. The van der Waals surface area contributed by atoms with Gasteiger partial charge in [-0.05, 0) is 37.1 Å². The van der Waals surface area contributed by atoms with Gasteiger partial charge in [0.05, 0.1) is 0 Å². The minimum absolute atomic E-state index is 0.360. The third-order valence-electron chi connectivity index (χ3n) is 3.06. The summed E-state index contributed by atoms with van der Waals surface area (Å²) in [5, 5.41) is 3.55. The standard InChI is InChI=1S/C16H20N2/c1-3-18-16(11-14-7-5-9-17-12-14)15-8-4-6-13(2)10-15/h4-10,12,16,18H,3,11H2,1-2H3. The number of aryl methyl sites for hydroxylation is 1. The van der Waals surface area contributed by atoms with Gasteiger partial charge in [-0.2, -0.15) is 0 Å². The molecule has 0 spiro atoms. The molecule has 1 heterocycles. The van der Waals surface area contributed by atoms with Gasteiger partial charge in [0.15, 0.2) is 0 Å². The van der Waals surface area contributed by atoms with Crippen LogP contribution in [-0.2, 0) is 6.42 Å². The summed E-state index contributed by atoms with van der Waals surface area (Å²) in [4.78, 5) is 4.18. The zero-order chi connectivity index (χ0) is 12.8. The topological polar surface area (TPSA) is 24.9 Å². The van der Waals surface area contributed by atoms with Crippen LogP contribution in [0.3, 0.4) is 0 Å². The van der Waals surface area contributed by atoms with E-state index in [1.165, 1.54) is 16.7 Å². The van der Waals surface area contributed by atoms with Crippen molar-refractivity contribution < 1.29 is 0 Å². The predicted molar refractivity (Wildman–Crippen MR) is 75.5 cm³/mol. The van der Waals surface area contributed by atoms with Gasteiger partial charge in [-0.25, -0.2) is 0 Å². The van der Waals surface area contributed by atoms with Crippen LogP contribution in [0, 0.1) is 6.92 Å². The Morgan fingerprint density at radius 3 is 2.78 bits per heavy atom. The maximum atomic E-state index is 4.18. The van der Waals surface area contributed by atoms with Crippen LogP contribution in [-0.4, -0.2) is 11.5 Å². The van der Waals surface area contributed by atoms with Gasteiger partial charge >= 0.3 is 0 Å². The number of pyridine rings is 1. The molecule has 1 atom stereocenters. The molecule has 0 aliphatic heterocycles. The Morgan fingerprint density at radius 2 is 2.11 bits per heavy atom. The van der Waals surface area contributed by atoms with Gasteiger partial charge in [-0.3, -0.25) is 4.98 Å². The van der Waals surface area contributed by atoms with E-state index in [2.05, 4.69) is 54.5 Å². The molecule has 2 nitrogen and oxygen atoms in total. The summed E-state index contributed by atoms with van der Waals surface area (Å²) in [5.74, 6) is 0. The lowest BCUT2D eigenvalue weighted by Crippen LogP contribution is -2.23. The maximum Gasteiger partial charge on any atom is 0.0361 e. The first-order valence-corrected chi connectivity index (χ1v) is 6.48. The summed E-state index contributed by atoms with van der Waals surface area (Å²) in [6, 6.07) is 13.2. The van der Waals surface area contributed by atoms with Gasteiger partial charge in [0.2, 0.25) is 0 Å². The second-order valence-electron chi connectivity index (χ2n) is 4.59. The molecule has 1 aromatic heterocycles. The Morgan fingerprint density at radius 1 is 1.22 bits per heavy atom. The van der Waals surface area contributed by atoms with E-state index in [1.807, 2.05) is 18.5 Å². The predicted octanol–water partition coefficient (Wildman–Crippen LogP) is 3.28. The first kappa shape index (κ1) is 12.8. The van der Waals surface area contributed by atoms with Crippen molar-refractivity contribution in [1.29, 1.82) is 0 Å². The number of aromatic nitrogens is 1. The maximum absolute atomic E-state index is 4.18. The van der Waals surface area contributed by atoms with E-state index in [9.17, 15) is 0 Å². The number of nitrogens with one attached hydrogen (secondary N) is 1. The number of hydrogen-bond acceptors (Lipinski definition) is 2. The summed E-state index contributed by atoms with van der Waals surface area (Å²) in [6.45, 7) is 5.25. The van der Waals surface area contributed by atoms with E-state index in [0.717, 1.165) is 13.0 Å². The molecule has 1 unspecified atom stereocenters. The lowest BCUT2D eigenvalue weighted by molar-refractivity contribution is 0.549. The number of hydrogen-bond donors (Lipinski definition) is 1. The van der Waals surface area contributed by atoms with Crippen molar-refractivity contribution in [2.75, 3.05) is 6.54 Å². The molecule has 0 amide bonds. The monoisotopic (exact) mass is 240 g/mol. The van der Waals surface area contributed by atoms with Gasteiger partial charge in [0.1, 0.15) is 0 Å². The van der Waals surface area contributed by atoms with Crippen LogP contribution in [0.25, 0.3) is 0 Å². The molecule has 2 rings (SSSR count). The largest absolute Gasteiger partial charge is 0.310 e. The highest BCUT2D eigenvalue weighted by Crippen LogP contribution is 2.19. The number of benzene rings is 1. The summed E-state index contributed by atoms with van der Waals surface area (Å²) in [5.41, 5.74) is 3.92. The smallest absolute Gasteiger partial charge is 0.0361 e. The molecule has 1 aromatic carbocycles. The van der Waals surface area contributed by atoms with Crippen LogP contribution >= 0.6 is 0 Å². The average Bonchev–Trinajstić information content (AvgIpc) is 2.39. The van der Waals surface area contributed by atoms with Crippen LogP contribution in [0.15, 0.2) is 48.8 Å². The molecule has 0 fully saturated rings. The summed E-state index contributed by atoms with van der Waals surface area (Å²) in [7, 11) is 0. The zero-order valence-corrected chi connectivity index (χ0v) is 11.1. The Labute approximate surface area is 109 Å². The molecule has 0 radical (unpaired) electrons. The van der Waals surface area contributed by atoms with E-state index in [0.29, 0.717) is 6.04 Å². The fourth-order valence-corrected chi connectivity index (χ4v) is 2.20. The number of rotatable bonds is 5. The summed E-state index contributed by atoms with van der Waals surface area (Å²) in [6.07, 6.45) is 4.74. The Hall–Kier alpha value is -1.67. The van der Waals surface area contributed by atoms with Gasteiger partial charge in [-0.1, -0.05) is 42.8 Å². The fourth-order valence-electron chi connectivity index (χ4n) is 2.20. The third kappa shape index (κ3) is 3.41. The second kappa shape index (κ2) is 6.31. The van der Waals surface area contributed by atoms with Crippen LogP contribution in [0.5, 0.6) is 0 Å². The highest BCUT2D eigenvalue weighted by atomic mass is 14.9. The highest BCUT2D eigenvalue weighted by Gasteiger charge is 2.11. The Kier molecular flexibility index (Phi) is 4.48. The first-order valence-electron chi connectivity index (χ1n) is 6.48. The van der Waals surface area contributed by atoms with E-state index in [4.69, 9.17) is 0 Å². The second-order valence-corrected chi connectivity index (χ2v) is 4.59. The number of likely N-dealkylation sites (N-methyl/N-ethyl adjacent to an activating group) is 1. The lowest BCUT2D eigenvalue weighted by Gasteiger charge is -2.18. The van der Waals surface area contributed by atoms with Crippen molar-refractivity contribution in [2.24, 2.45) is 0 Å². The molecule has 94 valence electrons. The molecule has 1 N–H and O–H groups in total. The summed E-state index contributed by atoms with van der Waals surface area (Å²) >= 11 is 0. The van der Waals surface area contributed by atoms with Gasteiger partial charge in [-0.15, -0.1) is 0 Å². The van der Waals surface area contributed by atoms with Crippen molar-refractivity contribution in [1.82, 2.24) is 10.3 Å². The molecular formula is C16H20N2. The average molecular weight is 240 g/mol. The van der Waals surface area contributed by atoms with Crippen LogP contribution in [0.2, 0.25) is 0 Å². The van der Waals surface area contributed by atoms with Crippen molar-refractivity contribution >= 4 is 0 Å². The van der Waals surface area contributed by atoms with Crippen molar-refractivity contribution in [2.45, 2.75) is 26.3 Å². The lowest BCUT2D eigenvalue weighted by atomic mass is 9.98. The molecule has 2 heteroatoms. The van der Waals surface area contributed by atoms with E-state index < -0.39 is 0 Å². The molecule has 0 saturated heterocycles. The van der Waals surface area contributed by atoms with Gasteiger partial charge in [0.25, 0.3) is 0 Å². The minimum Gasteiger partial charge on any atom is -0.310 e. The van der Waals surface area contributed by atoms with Crippen LogP contribution < -0.4 is 5.32 Å². The Balaban J connectivity index is 2.18. The third-order valence-corrected chi connectivity index (χ3v) is 3.06. The fraction of sp³-hybridized carbons (Fsp3) is 0.312. The van der Waals surface area contributed by atoms with E-state index >= 15 is 0 Å². The summed E-state index contributed by atoms with van der Waals surface area (Å²) < 4.78 is 0. The van der Waals surface area contributed by atoms with Gasteiger partial charge < -0.3 is 5.32 Å². The van der Waals surface area contributed by atoms with Crippen LogP contribution in [0.1, 0.15) is 29.7 Å². The van der Waals surface area contributed by atoms with Gasteiger partial charge in [0, 0.05) is 18.4 Å². The molecule has 0 bridgehead atoms. The normalized spacial score (nSPS) is 12.3. The first-order chi connectivity index (χ1) is 8.79. The zero-order valence-electron chi connectivity index (χ0n) is 11.1. The number of nitrogens with zero attached hydrogens (tertiary/aromatic N) is 1. The highest BCUT2D eigenvalue weighted by molar-refractivity contribution is 5.27. The van der Waals surface area contributed by atoms with E-state index in [-0.39, 0.29) is 0 Å². The van der Waals surface area contributed by atoms with E-state index in [1.54, 1.807) is 0 Å². The molecular weight excluding hydrogens is 220 g/mol. The molecule has 18 heavy (non-hydrogen) atoms. The minimum atomic E-state index is 0.360.